The smallest absolute Gasteiger partial charge is 0.260 e. The third kappa shape index (κ3) is 4.23. The lowest BCUT2D eigenvalue weighted by atomic mass is 9.94. The molecule has 0 heterocycles. The second-order valence-electron chi connectivity index (χ2n) is 5.22. The molecule has 0 bridgehead atoms. The predicted molar refractivity (Wildman–Crippen MR) is 83.9 cm³/mol. The van der Waals surface area contributed by atoms with Gasteiger partial charge in [-0.3, -0.25) is 4.79 Å². The number of rotatable bonds is 5. The molecule has 110 valence electrons. The minimum absolute atomic E-state index is 0.0966. The molecule has 1 aromatic carbocycles. The fraction of sp³-hybridized carbons (Fsp3) is 0.562. The number of carbonyl (C=O) groups excluding carboxylic acids is 1. The van der Waals surface area contributed by atoms with Gasteiger partial charge in [0.1, 0.15) is 5.75 Å². The van der Waals surface area contributed by atoms with Crippen LogP contribution in [0.25, 0.3) is 0 Å². The van der Waals surface area contributed by atoms with Gasteiger partial charge in [0, 0.05) is 17.1 Å². The molecule has 3 nitrogen and oxygen atoms in total. The Labute approximate surface area is 129 Å². The number of amides is 1. The van der Waals surface area contributed by atoms with Crippen LogP contribution in [0.3, 0.4) is 0 Å². The molecular weight excluding hydrogens is 318 g/mol. The molecule has 0 N–H and O–H groups in total. The minimum Gasteiger partial charge on any atom is -0.484 e. The summed E-state index contributed by atoms with van der Waals surface area (Å²) in [6.07, 6.45) is 6.05. The molecule has 2 rings (SSSR count). The number of halogens is 1. The molecule has 20 heavy (non-hydrogen) atoms. The molecule has 4 heteroatoms. The first kappa shape index (κ1) is 15.4. The van der Waals surface area contributed by atoms with E-state index in [1.807, 2.05) is 36.1 Å². The first-order valence-corrected chi connectivity index (χ1v) is 8.18. The van der Waals surface area contributed by atoms with Gasteiger partial charge in [0.25, 0.3) is 5.91 Å². The maximum Gasteiger partial charge on any atom is 0.260 e. The quantitative estimate of drug-likeness (QED) is 0.811. The molecule has 0 radical (unpaired) electrons. The fourth-order valence-electron chi connectivity index (χ4n) is 2.82. The highest BCUT2D eigenvalue weighted by Crippen LogP contribution is 2.23. The normalized spacial score (nSPS) is 15.9. The molecule has 1 fully saturated rings. The Morgan fingerprint density at radius 3 is 2.75 bits per heavy atom. The van der Waals surface area contributed by atoms with Crippen LogP contribution in [-0.4, -0.2) is 30.0 Å². The summed E-state index contributed by atoms with van der Waals surface area (Å²) >= 11 is 3.40. The third-order valence-corrected chi connectivity index (χ3v) is 4.33. The maximum atomic E-state index is 12.3. The first-order valence-electron chi connectivity index (χ1n) is 7.38. The Bertz CT molecular complexity index is 444. The van der Waals surface area contributed by atoms with Crippen LogP contribution in [0.1, 0.15) is 39.0 Å². The standard InChI is InChI=1S/C16H22BrNO2/c1-2-18(14-8-4-3-5-9-14)16(19)12-20-15-10-6-7-13(17)11-15/h6-7,10-11,14H,2-5,8-9,12H2,1H3. The zero-order chi connectivity index (χ0) is 14.4. The lowest BCUT2D eigenvalue weighted by Gasteiger charge is -2.33. The van der Waals surface area contributed by atoms with Crippen molar-refractivity contribution < 1.29 is 9.53 Å². The number of hydrogen-bond donors (Lipinski definition) is 0. The van der Waals surface area contributed by atoms with Gasteiger partial charge in [0.05, 0.1) is 0 Å². The maximum absolute atomic E-state index is 12.3. The summed E-state index contributed by atoms with van der Waals surface area (Å²) in [7, 11) is 0. The van der Waals surface area contributed by atoms with Gasteiger partial charge in [-0.1, -0.05) is 41.3 Å². The van der Waals surface area contributed by atoms with Crippen LogP contribution in [0.2, 0.25) is 0 Å². The van der Waals surface area contributed by atoms with E-state index >= 15 is 0 Å². The van der Waals surface area contributed by atoms with Crippen molar-refractivity contribution in [3.8, 4) is 5.75 Å². The zero-order valence-electron chi connectivity index (χ0n) is 12.0. The second kappa shape index (κ2) is 7.67. The molecule has 1 amide bonds. The molecule has 0 spiro atoms. The van der Waals surface area contributed by atoms with Crippen LogP contribution >= 0.6 is 15.9 Å². The molecule has 0 aromatic heterocycles. The zero-order valence-corrected chi connectivity index (χ0v) is 13.6. The van der Waals surface area contributed by atoms with Crippen LogP contribution in [0, 0.1) is 0 Å². The summed E-state index contributed by atoms with van der Waals surface area (Å²) in [4.78, 5) is 14.3. The van der Waals surface area contributed by atoms with Gasteiger partial charge in [-0.25, -0.2) is 0 Å². The van der Waals surface area contributed by atoms with Gasteiger partial charge in [-0.05, 0) is 38.0 Å². The van der Waals surface area contributed by atoms with Crippen molar-refractivity contribution >= 4 is 21.8 Å². The third-order valence-electron chi connectivity index (χ3n) is 3.83. The Morgan fingerprint density at radius 2 is 2.10 bits per heavy atom. The van der Waals surface area contributed by atoms with Gasteiger partial charge in [0.2, 0.25) is 0 Å². The first-order chi connectivity index (χ1) is 9.70. The van der Waals surface area contributed by atoms with Gasteiger partial charge < -0.3 is 9.64 Å². The molecule has 1 aliphatic carbocycles. The van der Waals surface area contributed by atoms with E-state index in [4.69, 9.17) is 4.74 Å². The topological polar surface area (TPSA) is 29.5 Å². The molecule has 0 atom stereocenters. The number of likely N-dealkylation sites (N-methyl/N-ethyl adjacent to an activating group) is 1. The largest absolute Gasteiger partial charge is 0.484 e. The summed E-state index contributed by atoms with van der Waals surface area (Å²) in [5, 5.41) is 0. The van der Waals surface area contributed by atoms with Crippen LogP contribution in [0.15, 0.2) is 28.7 Å². The van der Waals surface area contributed by atoms with E-state index in [2.05, 4.69) is 15.9 Å². The van der Waals surface area contributed by atoms with Crippen molar-refractivity contribution in [1.29, 1.82) is 0 Å². The van der Waals surface area contributed by atoms with Crippen molar-refractivity contribution in [3.63, 3.8) is 0 Å². The van der Waals surface area contributed by atoms with Gasteiger partial charge >= 0.3 is 0 Å². The summed E-state index contributed by atoms with van der Waals surface area (Å²) in [5.41, 5.74) is 0. The van der Waals surface area contributed by atoms with Crippen LogP contribution in [0.5, 0.6) is 5.75 Å². The van der Waals surface area contributed by atoms with E-state index in [1.54, 1.807) is 0 Å². The second-order valence-corrected chi connectivity index (χ2v) is 6.13. The lowest BCUT2D eigenvalue weighted by Crippen LogP contribution is -2.43. The Hall–Kier alpha value is -1.03. The van der Waals surface area contributed by atoms with Crippen molar-refractivity contribution in [3.05, 3.63) is 28.7 Å². The van der Waals surface area contributed by atoms with E-state index in [1.165, 1.54) is 19.3 Å². The number of carbonyl (C=O) groups is 1. The molecule has 0 aliphatic heterocycles. The van der Waals surface area contributed by atoms with Crippen molar-refractivity contribution in [1.82, 2.24) is 4.90 Å². The van der Waals surface area contributed by atoms with Crippen LogP contribution in [-0.2, 0) is 4.79 Å². The summed E-state index contributed by atoms with van der Waals surface area (Å²) in [6.45, 7) is 2.94. The van der Waals surface area contributed by atoms with E-state index in [0.717, 1.165) is 29.6 Å². The lowest BCUT2D eigenvalue weighted by molar-refractivity contribution is -0.136. The monoisotopic (exact) mass is 339 g/mol. The highest BCUT2D eigenvalue weighted by atomic mass is 79.9. The molecule has 1 aliphatic rings. The molecule has 0 saturated heterocycles. The fourth-order valence-corrected chi connectivity index (χ4v) is 3.19. The van der Waals surface area contributed by atoms with E-state index in [-0.39, 0.29) is 12.5 Å². The van der Waals surface area contributed by atoms with Crippen LogP contribution < -0.4 is 4.74 Å². The van der Waals surface area contributed by atoms with E-state index in [9.17, 15) is 4.79 Å². The van der Waals surface area contributed by atoms with Crippen molar-refractivity contribution in [2.45, 2.75) is 45.1 Å². The average Bonchev–Trinajstić information content (AvgIpc) is 2.47. The summed E-state index contributed by atoms with van der Waals surface area (Å²) in [5.74, 6) is 0.826. The van der Waals surface area contributed by atoms with Gasteiger partial charge in [0.15, 0.2) is 6.61 Å². The predicted octanol–water partition coefficient (Wildman–Crippen LogP) is 4.01. The number of ether oxygens (including phenoxy) is 1. The number of nitrogens with zero attached hydrogens (tertiary/aromatic N) is 1. The Kier molecular flexibility index (Phi) is 5.89. The van der Waals surface area contributed by atoms with Gasteiger partial charge in [-0.2, -0.15) is 0 Å². The SMILES string of the molecule is CCN(C(=O)COc1cccc(Br)c1)C1CCCCC1. The summed E-state index contributed by atoms with van der Waals surface area (Å²) < 4.78 is 6.56. The summed E-state index contributed by atoms with van der Waals surface area (Å²) in [6, 6.07) is 8.00. The Morgan fingerprint density at radius 1 is 1.35 bits per heavy atom. The highest BCUT2D eigenvalue weighted by Gasteiger charge is 2.24. The highest BCUT2D eigenvalue weighted by molar-refractivity contribution is 9.10. The molecule has 1 saturated carbocycles. The van der Waals surface area contributed by atoms with Crippen molar-refractivity contribution in [2.75, 3.05) is 13.2 Å². The average molecular weight is 340 g/mol. The molecular formula is C16H22BrNO2. The molecule has 1 aromatic rings. The van der Waals surface area contributed by atoms with Gasteiger partial charge in [-0.15, -0.1) is 0 Å². The Balaban J connectivity index is 1.88. The molecule has 0 unspecified atom stereocenters. The van der Waals surface area contributed by atoms with E-state index in [0.29, 0.717) is 6.04 Å². The number of benzene rings is 1. The van der Waals surface area contributed by atoms with E-state index < -0.39 is 0 Å². The van der Waals surface area contributed by atoms with Crippen LogP contribution in [0.4, 0.5) is 0 Å². The minimum atomic E-state index is 0.0966. The number of hydrogen-bond acceptors (Lipinski definition) is 2. The van der Waals surface area contributed by atoms with Crippen molar-refractivity contribution in [2.24, 2.45) is 0 Å².